The Bertz CT molecular complexity index is 393. The molecule has 0 heterocycles. The lowest BCUT2D eigenvalue weighted by molar-refractivity contribution is -0.0592. The second-order valence-electron chi connectivity index (χ2n) is 4.45. The molecule has 0 aromatic carbocycles. The molecule has 0 aromatic heterocycles. The number of fused-ring (bicyclic) bond motifs is 1. The Morgan fingerprint density at radius 1 is 1.31 bits per heavy atom. The van der Waals surface area contributed by atoms with Crippen LogP contribution in [-0.4, -0.2) is 17.8 Å². The van der Waals surface area contributed by atoms with Crippen LogP contribution in [0.4, 0.5) is 22.0 Å². The normalized spacial score (nSPS) is 36.3. The summed E-state index contributed by atoms with van der Waals surface area (Å²) < 4.78 is 64.0. The van der Waals surface area contributed by atoms with Gasteiger partial charge in [0.1, 0.15) is 5.71 Å². The van der Waals surface area contributed by atoms with E-state index < -0.39 is 46.7 Å². The van der Waals surface area contributed by atoms with Gasteiger partial charge in [-0.1, -0.05) is 6.92 Å². The Morgan fingerprint density at radius 3 is 2.19 bits per heavy atom. The number of alkyl halides is 5. The lowest BCUT2D eigenvalue weighted by Gasteiger charge is -2.17. The summed E-state index contributed by atoms with van der Waals surface area (Å²) in [4.78, 5) is 0. The van der Waals surface area contributed by atoms with E-state index in [9.17, 15) is 22.0 Å². The molecule has 0 aliphatic heterocycles. The molecule has 2 aliphatic rings. The van der Waals surface area contributed by atoms with Gasteiger partial charge in [0.2, 0.25) is 0 Å². The van der Waals surface area contributed by atoms with Gasteiger partial charge < -0.3 is 0 Å². The van der Waals surface area contributed by atoms with Gasteiger partial charge in [0.05, 0.1) is 0 Å². The standard InChI is InChI=1S/C10H10F5N/c1-3-5-6(8(16)10(13,14)15)4(2)9(11,12)7(3)5/h3,5,7,16H,1-2H3. The highest BCUT2D eigenvalue weighted by Crippen LogP contribution is 2.67. The van der Waals surface area contributed by atoms with Crippen LogP contribution < -0.4 is 0 Å². The van der Waals surface area contributed by atoms with E-state index in [4.69, 9.17) is 5.41 Å². The molecule has 3 atom stereocenters. The number of nitrogens with one attached hydrogen (secondary N) is 1. The summed E-state index contributed by atoms with van der Waals surface area (Å²) in [6.45, 7) is 2.49. The first-order chi connectivity index (χ1) is 7.10. The Labute approximate surface area is 88.8 Å². The van der Waals surface area contributed by atoms with Crippen LogP contribution in [0.15, 0.2) is 11.1 Å². The molecule has 1 nitrogen and oxygen atoms in total. The van der Waals surface area contributed by atoms with Crippen molar-refractivity contribution < 1.29 is 22.0 Å². The van der Waals surface area contributed by atoms with Gasteiger partial charge in [0.25, 0.3) is 5.92 Å². The lowest BCUT2D eigenvalue weighted by atomic mass is 9.98. The minimum absolute atomic E-state index is 0.462. The molecule has 0 spiro atoms. The first-order valence-electron chi connectivity index (χ1n) is 4.85. The molecule has 1 N–H and O–H groups in total. The second-order valence-corrected chi connectivity index (χ2v) is 4.45. The fourth-order valence-electron chi connectivity index (χ4n) is 2.65. The third-order valence-corrected chi connectivity index (χ3v) is 3.59. The number of hydrogen-bond donors (Lipinski definition) is 1. The fourth-order valence-corrected chi connectivity index (χ4v) is 2.65. The van der Waals surface area contributed by atoms with Gasteiger partial charge in [-0.25, -0.2) is 8.78 Å². The van der Waals surface area contributed by atoms with Crippen LogP contribution in [-0.2, 0) is 0 Å². The summed E-state index contributed by atoms with van der Waals surface area (Å²) in [7, 11) is 0. The van der Waals surface area contributed by atoms with E-state index in [0.717, 1.165) is 6.92 Å². The predicted molar refractivity (Wildman–Crippen MR) is 47.6 cm³/mol. The maximum atomic E-state index is 13.5. The molecule has 0 amide bonds. The third kappa shape index (κ3) is 1.25. The highest BCUT2D eigenvalue weighted by Gasteiger charge is 2.70. The molecular formula is C10H10F5N. The third-order valence-electron chi connectivity index (χ3n) is 3.59. The first-order valence-corrected chi connectivity index (χ1v) is 4.85. The molecule has 3 unspecified atom stereocenters. The van der Waals surface area contributed by atoms with Crippen molar-refractivity contribution in [2.45, 2.75) is 25.9 Å². The first kappa shape index (κ1) is 11.5. The smallest absolute Gasteiger partial charge is 0.296 e. The quantitative estimate of drug-likeness (QED) is 0.535. The lowest BCUT2D eigenvalue weighted by Crippen LogP contribution is -2.27. The van der Waals surface area contributed by atoms with Crippen LogP contribution in [0.2, 0.25) is 0 Å². The number of halogens is 5. The van der Waals surface area contributed by atoms with E-state index >= 15 is 0 Å². The Hall–Kier alpha value is -0.940. The van der Waals surface area contributed by atoms with Crippen molar-refractivity contribution >= 4 is 5.71 Å². The summed E-state index contributed by atoms with van der Waals surface area (Å²) in [6, 6.07) is 0. The minimum atomic E-state index is -4.84. The van der Waals surface area contributed by atoms with Crippen LogP contribution in [0.5, 0.6) is 0 Å². The molecule has 0 saturated heterocycles. The summed E-state index contributed by atoms with van der Waals surface area (Å²) in [5.74, 6) is -5.47. The molecule has 6 heteroatoms. The van der Waals surface area contributed by atoms with Gasteiger partial charge in [0.15, 0.2) is 0 Å². The molecule has 0 bridgehead atoms. The molecule has 0 aromatic rings. The van der Waals surface area contributed by atoms with E-state index in [2.05, 4.69) is 0 Å². The van der Waals surface area contributed by atoms with Crippen molar-refractivity contribution in [1.29, 1.82) is 5.41 Å². The minimum Gasteiger partial charge on any atom is -0.296 e. The zero-order chi connectivity index (χ0) is 12.5. The molecule has 1 fully saturated rings. The second kappa shape index (κ2) is 2.84. The van der Waals surface area contributed by atoms with Crippen molar-refractivity contribution in [2.75, 3.05) is 0 Å². The van der Waals surface area contributed by atoms with Crippen molar-refractivity contribution in [3.63, 3.8) is 0 Å². The fraction of sp³-hybridized carbons (Fsp3) is 0.700. The Morgan fingerprint density at radius 2 is 1.81 bits per heavy atom. The van der Waals surface area contributed by atoms with E-state index in [1.54, 1.807) is 0 Å². The van der Waals surface area contributed by atoms with E-state index in [1.807, 2.05) is 0 Å². The molecule has 0 radical (unpaired) electrons. The van der Waals surface area contributed by atoms with Gasteiger partial charge >= 0.3 is 6.18 Å². The molecular weight excluding hydrogens is 229 g/mol. The van der Waals surface area contributed by atoms with Crippen LogP contribution in [0.1, 0.15) is 13.8 Å². The topological polar surface area (TPSA) is 23.9 Å². The van der Waals surface area contributed by atoms with Gasteiger partial charge in [-0.3, -0.25) is 5.41 Å². The van der Waals surface area contributed by atoms with Gasteiger partial charge in [0, 0.05) is 11.5 Å². The van der Waals surface area contributed by atoms with Crippen molar-refractivity contribution in [3.05, 3.63) is 11.1 Å². The molecule has 90 valence electrons. The van der Waals surface area contributed by atoms with Crippen molar-refractivity contribution in [1.82, 2.24) is 0 Å². The highest BCUT2D eigenvalue weighted by molar-refractivity contribution is 6.04. The Kier molecular flexibility index (Phi) is 2.05. The van der Waals surface area contributed by atoms with Gasteiger partial charge in [-0.2, -0.15) is 13.2 Å². The zero-order valence-electron chi connectivity index (χ0n) is 8.62. The predicted octanol–water partition coefficient (Wildman–Crippen LogP) is 3.42. The number of hydrogen-bond acceptors (Lipinski definition) is 1. The van der Waals surface area contributed by atoms with Gasteiger partial charge in [-0.15, -0.1) is 0 Å². The van der Waals surface area contributed by atoms with E-state index in [1.165, 1.54) is 6.92 Å². The molecule has 16 heavy (non-hydrogen) atoms. The van der Waals surface area contributed by atoms with Crippen molar-refractivity contribution in [3.8, 4) is 0 Å². The molecule has 2 rings (SSSR count). The maximum Gasteiger partial charge on any atom is 0.432 e. The maximum absolute atomic E-state index is 13.5. The average Bonchev–Trinajstić information content (AvgIpc) is 2.70. The SMILES string of the molecule is CC1=C(C(=N)C(F)(F)F)C2C(C)C2C1(F)F. The average molecular weight is 239 g/mol. The van der Waals surface area contributed by atoms with E-state index in [-0.39, 0.29) is 0 Å². The van der Waals surface area contributed by atoms with Crippen LogP contribution in [0, 0.1) is 23.2 Å². The number of rotatable bonds is 1. The molecule has 1 saturated carbocycles. The summed E-state index contributed by atoms with van der Waals surface area (Å²) >= 11 is 0. The van der Waals surface area contributed by atoms with Crippen LogP contribution in [0.3, 0.4) is 0 Å². The monoisotopic (exact) mass is 239 g/mol. The van der Waals surface area contributed by atoms with Crippen molar-refractivity contribution in [2.24, 2.45) is 17.8 Å². The molecule has 2 aliphatic carbocycles. The summed E-state index contributed by atoms with van der Waals surface area (Å²) in [6.07, 6.45) is -4.84. The largest absolute Gasteiger partial charge is 0.432 e. The van der Waals surface area contributed by atoms with E-state index in [0.29, 0.717) is 0 Å². The zero-order valence-corrected chi connectivity index (χ0v) is 8.62. The van der Waals surface area contributed by atoms with Gasteiger partial charge in [-0.05, 0) is 24.3 Å². The number of allylic oxidation sites excluding steroid dienone is 2. The van der Waals surface area contributed by atoms with Crippen LogP contribution in [0.25, 0.3) is 0 Å². The Balaban J connectivity index is 2.43. The highest BCUT2D eigenvalue weighted by atomic mass is 19.4. The summed E-state index contributed by atoms with van der Waals surface area (Å²) in [5.41, 5.74) is -2.68. The van der Waals surface area contributed by atoms with Crippen LogP contribution >= 0.6 is 0 Å². The summed E-state index contributed by atoms with van der Waals surface area (Å²) in [5, 5.41) is 6.98.